The standard InChI is InChI=1S/C8H17N3O/c1-2-9-7-8(1)10-11-3-5-12-6-4-11/h8-10H,1-7H2. The molecule has 2 saturated heterocycles. The second-order valence-electron chi connectivity index (χ2n) is 3.42. The normalized spacial score (nSPS) is 32.5. The summed E-state index contributed by atoms with van der Waals surface area (Å²) in [5, 5.41) is 5.62. The minimum atomic E-state index is 0.642. The molecule has 2 rings (SSSR count). The van der Waals surface area contributed by atoms with Crippen molar-refractivity contribution in [1.82, 2.24) is 15.8 Å². The van der Waals surface area contributed by atoms with E-state index in [0.29, 0.717) is 6.04 Å². The average Bonchev–Trinajstić information content (AvgIpc) is 2.59. The lowest BCUT2D eigenvalue weighted by Gasteiger charge is -2.29. The van der Waals surface area contributed by atoms with Crippen LogP contribution < -0.4 is 10.7 Å². The molecule has 12 heavy (non-hydrogen) atoms. The molecule has 0 aromatic heterocycles. The van der Waals surface area contributed by atoms with Crippen LogP contribution in [0.2, 0.25) is 0 Å². The van der Waals surface area contributed by atoms with E-state index in [0.717, 1.165) is 39.4 Å². The molecule has 2 aliphatic rings. The van der Waals surface area contributed by atoms with Crippen molar-refractivity contribution < 1.29 is 4.74 Å². The Labute approximate surface area is 73.2 Å². The molecule has 1 atom stereocenters. The summed E-state index contributed by atoms with van der Waals surface area (Å²) in [4.78, 5) is 0. The zero-order valence-electron chi connectivity index (χ0n) is 7.38. The first-order valence-corrected chi connectivity index (χ1v) is 4.75. The van der Waals surface area contributed by atoms with E-state index in [1.165, 1.54) is 6.42 Å². The quantitative estimate of drug-likeness (QED) is 0.569. The monoisotopic (exact) mass is 171 g/mol. The maximum atomic E-state index is 5.27. The Balaban J connectivity index is 1.69. The molecule has 0 saturated carbocycles. The predicted octanol–water partition coefficient (Wildman–Crippen LogP) is -0.815. The molecule has 0 aromatic carbocycles. The summed E-state index contributed by atoms with van der Waals surface area (Å²) in [7, 11) is 0. The van der Waals surface area contributed by atoms with Crippen LogP contribution in [0.15, 0.2) is 0 Å². The molecule has 70 valence electrons. The third-order valence-electron chi connectivity index (χ3n) is 2.44. The smallest absolute Gasteiger partial charge is 0.0608 e. The van der Waals surface area contributed by atoms with E-state index in [9.17, 15) is 0 Å². The summed E-state index contributed by atoms with van der Waals surface area (Å²) in [5.41, 5.74) is 3.51. The first kappa shape index (κ1) is 8.44. The van der Waals surface area contributed by atoms with Gasteiger partial charge in [0.05, 0.1) is 13.2 Å². The van der Waals surface area contributed by atoms with Crippen molar-refractivity contribution in [1.29, 1.82) is 0 Å². The number of nitrogens with zero attached hydrogens (tertiary/aromatic N) is 1. The first-order valence-electron chi connectivity index (χ1n) is 4.75. The Bertz CT molecular complexity index is 130. The van der Waals surface area contributed by atoms with E-state index in [1.807, 2.05) is 0 Å². The van der Waals surface area contributed by atoms with E-state index < -0.39 is 0 Å². The number of rotatable bonds is 2. The average molecular weight is 171 g/mol. The number of ether oxygens (including phenoxy) is 1. The fraction of sp³-hybridized carbons (Fsp3) is 1.00. The van der Waals surface area contributed by atoms with Crippen LogP contribution in [0.5, 0.6) is 0 Å². The molecular weight excluding hydrogens is 154 g/mol. The summed E-state index contributed by atoms with van der Waals surface area (Å²) in [5.74, 6) is 0. The van der Waals surface area contributed by atoms with Crippen molar-refractivity contribution in [3.63, 3.8) is 0 Å². The van der Waals surface area contributed by atoms with Gasteiger partial charge in [0.15, 0.2) is 0 Å². The molecule has 0 aromatic rings. The van der Waals surface area contributed by atoms with Crippen LogP contribution in [0.3, 0.4) is 0 Å². The van der Waals surface area contributed by atoms with Gasteiger partial charge in [0, 0.05) is 25.7 Å². The minimum absolute atomic E-state index is 0.642. The summed E-state index contributed by atoms with van der Waals surface area (Å²) in [6.07, 6.45) is 1.25. The van der Waals surface area contributed by atoms with Gasteiger partial charge in [-0.2, -0.15) is 0 Å². The second-order valence-corrected chi connectivity index (χ2v) is 3.42. The molecule has 2 fully saturated rings. The Kier molecular flexibility index (Phi) is 2.94. The van der Waals surface area contributed by atoms with Crippen LogP contribution in [0, 0.1) is 0 Å². The predicted molar refractivity (Wildman–Crippen MR) is 46.8 cm³/mol. The van der Waals surface area contributed by atoms with Gasteiger partial charge in [-0.1, -0.05) is 0 Å². The summed E-state index contributed by atoms with van der Waals surface area (Å²) >= 11 is 0. The SMILES string of the molecule is C1CC(NN2CCOCC2)CN1. The molecule has 1 unspecified atom stereocenters. The highest BCUT2D eigenvalue weighted by molar-refractivity contribution is 4.76. The topological polar surface area (TPSA) is 36.5 Å². The van der Waals surface area contributed by atoms with Crippen LogP contribution >= 0.6 is 0 Å². The van der Waals surface area contributed by atoms with Gasteiger partial charge in [-0.05, 0) is 13.0 Å². The van der Waals surface area contributed by atoms with Crippen molar-refractivity contribution in [3.05, 3.63) is 0 Å². The van der Waals surface area contributed by atoms with E-state index in [1.54, 1.807) is 0 Å². The van der Waals surface area contributed by atoms with Gasteiger partial charge >= 0.3 is 0 Å². The third-order valence-corrected chi connectivity index (χ3v) is 2.44. The van der Waals surface area contributed by atoms with Crippen molar-refractivity contribution in [2.24, 2.45) is 0 Å². The molecule has 2 N–H and O–H groups in total. The van der Waals surface area contributed by atoms with Gasteiger partial charge in [0.25, 0.3) is 0 Å². The lowest BCUT2D eigenvalue weighted by atomic mass is 10.3. The largest absolute Gasteiger partial charge is 0.379 e. The summed E-state index contributed by atoms with van der Waals surface area (Å²) in [6.45, 7) is 6.05. The minimum Gasteiger partial charge on any atom is -0.379 e. The van der Waals surface area contributed by atoms with Gasteiger partial charge in [0.1, 0.15) is 0 Å². The van der Waals surface area contributed by atoms with Gasteiger partial charge in [-0.3, -0.25) is 5.43 Å². The Morgan fingerprint density at radius 3 is 2.83 bits per heavy atom. The Morgan fingerprint density at radius 2 is 2.17 bits per heavy atom. The molecule has 0 aliphatic carbocycles. The van der Waals surface area contributed by atoms with Gasteiger partial charge in [-0.15, -0.1) is 0 Å². The zero-order valence-corrected chi connectivity index (χ0v) is 7.38. The van der Waals surface area contributed by atoms with E-state index in [2.05, 4.69) is 15.8 Å². The van der Waals surface area contributed by atoms with Crippen molar-refractivity contribution in [3.8, 4) is 0 Å². The lowest BCUT2D eigenvalue weighted by Crippen LogP contribution is -2.50. The van der Waals surface area contributed by atoms with Crippen LogP contribution in [0.1, 0.15) is 6.42 Å². The van der Waals surface area contributed by atoms with E-state index in [-0.39, 0.29) is 0 Å². The maximum Gasteiger partial charge on any atom is 0.0608 e. The highest BCUT2D eigenvalue weighted by atomic mass is 16.5. The molecule has 2 heterocycles. The summed E-state index contributed by atoms with van der Waals surface area (Å²) in [6, 6.07) is 0.642. The van der Waals surface area contributed by atoms with Crippen molar-refractivity contribution >= 4 is 0 Å². The number of morpholine rings is 1. The van der Waals surface area contributed by atoms with Gasteiger partial charge in [0.2, 0.25) is 0 Å². The number of hydrazine groups is 1. The molecule has 0 spiro atoms. The maximum absolute atomic E-state index is 5.27. The lowest BCUT2D eigenvalue weighted by molar-refractivity contribution is 0.00518. The molecule has 4 heteroatoms. The third kappa shape index (κ3) is 2.17. The van der Waals surface area contributed by atoms with E-state index in [4.69, 9.17) is 4.74 Å². The second kappa shape index (κ2) is 4.18. The fourth-order valence-electron chi connectivity index (χ4n) is 1.72. The van der Waals surface area contributed by atoms with E-state index >= 15 is 0 Å². The van der Waals surface area contributed by atoms with Crippen LogP contribution in [-0.4, -0.2) is 50.4 Å². The van der Waals surface area contributed by atoms with Gasteiger partial charge < -0.3 is 10.1 Å². The van der Waals surface area contributed by atoms with Crippen LogP contribution in [-0.2, 0) is 4.74 Å². The molecular formula is C8H17N3O. The van der Waals surface area contributed by atoms with Crippen molar-refractivity contribution in [2.75, 3.05) is 39.4 Å². The van der Waals surface area contributed by atoms with Gasteiger partial charge in [-0.25, -0.2) is 5.01 Å². The summed E-state index contributed by atoms with van der Waals surface area (Å²) < 4.78 is 5.27. The highest BCUT2D eigenvalue weighted by Gasteiger charge is 2.18. The van der Waals surface area contributed by atoms with Crippen LogP contribution in [0.25, 0.3) is 0 Å². The Hall–Kier alpha value is -0.160. The Morgan fingerprint density at radius 1 is 1.33 bits per heavy atom. The molecule has 4 nitrogen and oxygen atoms in total. The fourth-order valence-corrected chi connectivity index (χ4v) is 1.72. The molecule has 2 aliphatic heterocycles. The zero-order chi connectivity index (χ0) is 8.23. The number of hydrogen-bond acceptors (Lipinski definition) is 4. The molecule has 0 bridgehead atoms. The highest BCUT2D eigenvalue weighted by Crippen LogP contribution is 2.00. The number of nitrogens with one attached hydrogen (secondary N) is 2. The van der Waals surface area contributed by atoms with Crippen molar-refractivity contribution in [2.45, 2.75) is 12.5 Å². The molecule has 0 radical (unpaired) electrons. The molecule has 0 amide bonds. The van der Waals surface area contributed by atoms with Crippen LogP contribution in [0.4, 0.5) is 0 Å². The first-order chi connectivity index (χ1) is 5.95. The number of hydrogen-bond donors (Lipinski definition) is 2.